The summed E-state index contributed by atoms with van der Waals surface area (Å²) in [5.74, 6) is 0.499. The molecule has 1 saturated heterocycles. The highest BCUT2D eigenvalue weighted by Gasteiger charge is 2.44. The van der Waals surface area contributed by atoms with Crippen LogP contribution in [-0.4, -0.2) is 57.7 Å². The molecule has 0 saturated carbocycles. The number of ether oxygens (including phenoxy) is 2. The molecule has 17 heavy (non-hydrogen) atoms. The van der Waals surface area contributed by atoms with Gasteiger partial charge in [-0.05, 0) is 11.4 Å². The number of aliphatic hydroxyl groups is 4. The first-order valence-electron chi connectivity index (χ1n) is 5.13. The molecule has 7 heteroatoms. The molecule has 0 radical (unpaired) electrons. The van der Waals surface area contributed by atoms with E-state index in [1.807, 2.05) is 0 Å². The summed E-state index contributed by atoms with van der Waals surface area (Å²) in [5, 5.41) is 41.2. The zero-order chi connectivity index (χ0) is 12.4. The summed E-state index contributed by atoms with van der Waals surface area (Å²) in [6.07, 6.45) is -6.20. The fourth-order valence-electron chi connectivity index (χ4n) is 1.62. The summed E-state index contributed by atoms with van der Waals surface area (Å²) in [4.78, 5) is 0. The second kappa shape index (κ2) is 5.30. The molecule has 2 rings (SSSR count). The Morgan fingerprint density at radius 2 is 2.00 bits per heavy atom. The lowest BCUT2D eigenvalue weighted by Gasteiger charge is -2.39. The minimum absolute atomic E-state index is 0.464. The minimum Gasteiger partial charge on any atom is -0.461 e. The third-order valence-corrected chi connectivity index (χ3v) is 3.26. The van der Waals surface area contributed by atoms with E-state index in [0.29, 0.717) is 5.75 Å². The Labute approximate surface area is 102 Å². The molecule has 0 aromatic carbocycles. The summed E-state index contributed by atoms with van der Waals surface area (Å²) >= 11 is 1.41. The van der Waals surface area contributed by atoms with Crippen LogP contribution in [0.5, 0.6) is 5.75 Å². The maximum absolute atomic E-state index is 9.68. The molecule has 6 nitrogen and oxygen atoms in total. The van der Waals surface area contributed by atoms with Crippen LogP contribution in [0.15, 0.2) is 16.8 Å². The molecule has 0 spiro atoms. The van der Waals surface area contributed by atoms with Crippen molar-refractivity contribution >= 4 is 11.3 Å². The maximum atomic E-state index is 9.68. The molecule has 4 N–H and O–H groups in total. The SMILES string of the molecule is OCC1OC(Oc2ccsc2)C(O)C(O)C1O. The van der Waals surface area contributed by atoms with E-state index in [0.717, 1.165) is 0 Å². The van der Waals surface area contributed by atoms with Gasteiger partial charge in [0.15, 0.2) is 0 Å². The van der Waals surface area contributed by atoms with Crippen molar-refractivity contribution in [1.29, 1.82) is 0 Å². The zero-order valence-electron chi connectivity index (χ0n) is 8.84. The topological polar surface area (TPSA) is 99.4 Å². The molecule has 1 fully saturated rings. The van der Waals surface area contributed by atoms with Crippen molar-refractivity contribution in [2.24, 2.45) is 0 Å². The molecule has 0 aliphatic carbocycles. The van der Waals surface area contributed by atoms with Gasteiger partial charge < -0.3 is 29.9 Å². The molecular formula is C10H14O6S. The number of rotatable bonds is 3. The summed E-state index contributed by atoms with van der Waals surface area (Å²) in [5.41, 5.74) is 0. The highest BCUT2D eigenvalue weighted by Crippen LogP contribution is 2.25. The van der Waals surface area contributed by atoms with Gasteiger partial charge in [-0.25, -0.2) is 0 Å². The molecular weight excluding hydrogens is 248 g/mol. The van der Waals surface area contributed by atoms with Crippen LogP contribution < -0.4 is 4.74 Å². The van der Waals surface area contributed by atoms with Crippen molar-refractivity contribution in [2.75, 3.05) is 6.61 Å². The van der Waals surface area contributed by atoms with Crippen LogP contribution in [0.25, 0.3) is 0 Å². The van der Waals surface area contributed by atoms with E-state index in [4.69, 9.17) is 14.6 Å². The second-order valence-corrected chi connectivity index (χ2v) is 4.55. The smallest absolute Gasteiger partial charge is 0.229 e. The lowest BCUT2D eigenvalue weighted by molar-refractivity contribution is -0.277. The Kier molecular flexibility index (Phi) is 3.97. The van der Waals surface area contributed by atoms with Gasteiger partial charge in [0.25, 0.3) is 0 Å². The van der Waals surface area contributed by atoms with Crippen LogP contribution in [0.2, 0.25) is 0 Å². The lowest BCUT2D eigenvalue weighted by Crippen LogP contribution is -2.60. The quantitative estimate of drug-likeness (QED) is 0.553. The van der Waals surface area contributed by atoms with E-state index in [9.17, 15) is 15.3 Å². The van der Waals surface area contributed by atoms with E-state index >= 15 is 0 Å². The van der Waals surface area contributed by atoms with Crippen molar-refractivity contribution in [2.45, 2.75) is 30.7 Å². The third kappa shape index (κ3) is 2.59. The second-order valence-electron chi connectivity index (χ2n) is 3.77. The van der Waals surface area contributed by atoms with Crippen molar-refractivity contribution in [3.8, 4) is 5.75 Å². The summed E-state index contributed by atoms with van der Waals surface area (Å²) in [6, 6.07) is 1.69. The Morgan fingerprint density at radius 3 is 2.59 bits per heavy atom. The molecule has 0 bridgehead atoms. The summed E-state index contributed by atoms with van der Waals surface area (Å²) in [6.45, 7) is -0.464. The molecule has 5 atom stereocenters. The largest absolute Gasteiger partial charge is 0.461 e. The predicted molar refractivity (Wildman–Crippen MR) is 58.7 cm³/mol. The van der Waals surface area contributed by atoms with E-state index in [1.54, 1.807) is 16.8 Å². The number of hydrogen-bond acceptors (Lipinski definition) is 7. The van der Waals surface area contributed by atoms with E-state index < -0.39 is 37.3 Å². The van der Waals surface area contributed by atoms with Crippen molar-refractivity contribution in [3.63, 3.8) is 0 Å². The van der Waals surface area contributed by atoms with Gasteiger partial charge in [0.05, 0.1) is 6.61 Å². The van der Waals surface area contributed by atoms with E-state index in [-0.39, 0.29) is 0 Å². The average Bonchev–Trinajstić information content (AvgIpc) is 2.83. The zero-order valence-corrected chi connectivity index (χ0v) is 9.66. The average molecular weight is 262 g/mol. The molecule has 1 aromatic heterocycles. The van der Waals surface area contributed by atoms with E-state index in [1.165, 1.54) is 11.3 Å². The summed E-state index contributed by atoms with van der Waals surface area (Å²) < 4.78 is 10.5. The van der Waals surface area contributed by atoms with Crippen LogP contribution in [0.4, 0.5) is 0 Å². The fraction of sp³-hybridized carbons (Fsp3) is 0.600. The van der Waals surface area contributed by atoms with Gasteiger partial charge in [-0.2, -0.15) is 0 Å². The normalized spacial score (nSPS) is 38.0. The number of thiophene rings is 1. The monoisotopic (exact) mass is 262 g/mol. The standard InChI is InChI=1S/C10H14O6S/c11-3-6-7(12)8(13)9(14)10(16-6)15-5-1-2-17-4-5/h1-2,4,6-14H,3H2. The highest BCUT2D eigenvalue weighted by molar-refractivity contribution is 7.08. The molecule has 0 amide bonds. The number of aliphatic hydroxyl groups excluding tert-OH is 4. The molecule has 2 heterocycles. The molecule has 1 aliphatic rings. The predicted octanol–water partition coefficient (Wildman–Crippen LogP) is -1.07. The first-order chi connectivity index (χ1) is 8.13. The summed E-state index contributed by atoms with van der Waals surface area (Å²) in [7, 11) is 0. The minimum atomic E-state index is -1.41. The number of hydrogen-bond donors (Lipinski definition) is 4. The molecule has 1 aliphatic heterocycles. The van der Waals surface area contributed by atoms with Crippen molar-refractivity contribution in [3.05, 3.63) is 16.8 Å². The Hall–Kier alpha value is -0.700. The lowest BCUT2D eigenvalue weighted by atomic mass is 9.99. The fourth-order valence-corrected chi connectivity index (χ4v) is 2.18. The Balaban J connectivity index is 2.06. The Bertz CT molecular complexity index is 341. The van der Waals surface area contributed by atoms with Gasteiger partial charge >= 0.3 is 0 Å². The third-order valence-electron chi connectivity index (χ3n) is 2.60. The van der Waals surface area contributed by atoms with E-state index in [2.05, 4.69) is 0 Å². The maximum Gasteiger partial charge on any atom is 0.229 e. The van der Waals surface area contributed by atoms with Gasteiger partial charge in [0.2, 0.25) is 6.29 Å². The van der Waals surface area contributed by atoms with Crippen LogP contribution in [0.3, 0.4) is 0 Å². The molecule has 1 aromatic rings. The highest BCUT2D eigenvalue weighted by atomic mass is 32.1. The van der Waals surface area contributed by atoms with Gasteiger partial charge in [0, 0.05) is 5.38 Å². The first kappa shape index (κ1) is 12.7. The Morgan fingerprint density at radius 1 is 1.24 bits per heavy atom. The van der Waals surface area contributed by atoms with Gasteiger partial charge in [-0.15, -0.1) is 11.3 Å². The molecule has 5 unspecified atom stereocenters. The van der Waals surface area contributed by atoms with Gasteiger partial charge in [-0.1, -0.05) is 0 Å². The first-order valence-corrected chi connectivity index (χ1v) is 6.07. The van der Waals surface area contributed by atoms with Crippen LogP contribution in [-0.2, 0) is 4.74 Å². The van der Waals surface area contributed by atoms with Crippen LogP contribution >= 0.6 is 11.3 Å². The van der Waals surface area contributed by atoms with Crippen LogP contribution in [0, 0.1) is 0 Å². The van der Waals surface area contributed by atoms with Crippen LogP contribution in [0.1, 0.15) is 0 Å². The van der Waals surface area contributed by atoms with Gasteiger partial charge in [-0.3, -0.25) is 0 Å². The van der Waals surface area contributed by atoms with Gasteiger partial charge in [0.1, 0.15) is 30.2 Å². The van der Waals surface area contributed by atoms with Crippen molar-refractivity contribution < 1.29 is 29.9 Å². The molecule has 96 valence electrons. The van der Waals surface area contributed by atoms with Crippen molar-refractivity contribution in [1.82, 2.24) is 0 Å².